The third-order valence-corrected chi connectivity index (χ3v) is 4.03. The van der Waals surface area contributed by atoms with Gasteiger partial charge in [-0.25, -0.2) is 18.4 Å². The van der Waals surface area contributed by atoms with Crippen LogP contribution in [-0.4, -0.2) is 16.7 Å². The first kappa shape index (κ1) is 19.8. The third kappa shape index (κ3) is 3.68. The summed E-state index contributed by atoms with van der Waals surface area (Å²) in [5.74, 6) is -0.589. The number of nitrogens with one attached hydrogen (secondary N) is 2. The summed E-state index contributed by atoms with van der Waals surface area (Å²) in [5, 5.41) is 3.00. The van der Waals surface area contributed by atoms with Crippen LogP contribution in [0.1, 0.15) is 25.2 Å². The van der Waals surface area contributed by atoms with E-state index in [1.54, 1.807) is 13.1 Å². The van der Waals surface area contributed by atoms with E-state index in [4.69, 9.17) is 0 Å². The smallest absolute Gasteiger partial charge is 0.283 e. The van der Waals surface area contributed by atoms with Gasteiger partial charge in [0.1, 0.15) is 22.8 Å². The second-order valence-electron chi connectivity index (χ2n) is 5.61. The highest BCUT2D eigenvalue weighted by atomic mass is 35.5. The molecule has 0 aliphatic carbocycles. The van der Waals surface area contributed by atoms with Crippen LogP contribution in [0.5, 0.6) is 0 Å². The highest BCUT2D eigenvalue weighted by Crippen LogP contribution is 2.19. The van der Waals surface area contributed by atoms with Gasteiger partial charge in [0.05, 0.1) is 17.2 Å². The molecule has 0 fully saturated rings. The van der Waals surface area contributed by atoms with Crippen LogP contribution in [0, 0.1) is 11.6 Å². The first-order valence-corrected chi connectivity index (χ1v) is 7.96. The van der Waals surface area contributed by atoms with Crippen LogP contribution in [-0.2, 0) is 0 Å². The normalized spacial score (nSPS) is 11.8. The van der Waals surface area contributed by atoms with Crippen molar-refractivity contribution in [3.05, 3.63) is 70.3 Å². The van der Waals surface area contributed by atoms with E-state index in [0.29, 0.717) is 23.4 Å². The predicted octanol–water partition coefficient (Wildman–Crippen LogP) is 3.64. The summed E-state index contributed by atoms with van der Waals surface area (Å²) in [6.45, 7) is 1.95. The van der Waals surface area contributed by atoms with Gasteiger partial charge in [-0.1, -0.05) is 13.0 Å². The Hall–Kier alpha value is -2.51. The summed E-state index contributed by atoms with van der Waals surface area (Å²) in [7, 11) is 1.76. The minimum atomic E-state index is -0.631. The number of rotatable bonds is 5. The van der Waals surface area contributed by atoms with Crippen LogP contribution in [0.4, 0.5) is 14.5 Å². The number of hydrogen-bond donors (Lipinski definition) is 2. The molecule has 2 aromatic carbocycles. The summed E-state index contributed by atoms with van der Waals surface area (Å²) in [6.07, 6.45) is 0.675. The molecule has 5 nitrogen and oxygen atoms in total. The second kappa shape index (κ2) is 8.25. The van der Waals surface area contributed by atoms with E-state index >= 15 is 0 Å². The summed E-state index contributed by atoms with van der Waals surface area (Å²) in [4.78, 5) is 17.4. The molecule has 0 aliphatic heterocycles. The molecule has 138 valence electrons. The van der Waals surface area contributed by atoms with Crippen LogP contribution in [0.25, 0.3) is 10.9 Å². The zero-order chi connectivity index (χ0) is 18.0. The molecule has 26 heavy (non-hydrogen) atoms. The predicted molar refractivity (Wildman–Crippen MR) is 101 cm³/mol. The molecule has 0 spiro atoms. The molecule has 1 heterocycles. The standard InChI is InChI=1S/C18H18F2N4O.ClH/c1-3-14(21-2)17-22-15-6-4-5-13(20)16(15)18(25)24(17)23-12-9-7-11(19)8-10-12;/h4-10,14,21,23H,3H2,1-2H3;1H/t14-;/m0./s1. The van der Waals surface area contributed by atoms with Crippen molar-refractivity contribution in [2.24, 2.45) is 0 Å². The minimum absolute atomic E-state index is 0. The molecule has 0 amide bonds. The number of aromatic nitrogens is 2. The van der Waals surface area contributed by atoms with Gasteiger partial charge in [-0.2, -0.15) is 0 Å². The van der Waals surface area contributed by atoms with Crippen molar-refractivity contribution in [3.63, 3.8) is 0 Å². The van der Waals surface area contributed by atoms with Gasteiger partial charge in [0, 0.05) is 0 Å². The van der Waals surface area contributed by atoms with Gasteiger partial charge in [0.2, 0.25) is 0 Å². The first-order valence-electron chi connectivity index (χ1n) is 7.96. The second-order valence-corrected chi connectivity index (χ2v) is 5.61. The molecule has 0 bridgehead atoms. The molecule has 3 aromatic rings. The third-order valence-electron chi connectivity index (χ3n) is 4.03. The summed E-state index contributed by atoms with van der Waals surface area (Å²) >= 11 is 0. The summed E-state index contributed by atoms with van der Waals surface area (Å²) < 4.78 is 28.5. The van der Waals surface area contributed by atoms with Gasteiger partial charge in [0.25, 0.3) is 5.56 Å². The molecule has 8 heteroatoms. The minimum Gasteiger partial charge on any atom is -0.310 e. The SMILES string of the molecule is CC[C@H](NC)c1nc2cccc(F)c2c(=O)n1Nc1ccc(F)cc1.Cl. The topological polar surface area (TPSA) is 59.0 Å². The number of hydrogen-bond acceptors (Lipinski definition) is 4. The molecule has 0 radical (unpaired) electrons. The maximum atomic E-state index is 14.2. The fourth-order valence-corrected chi connectivity index (χ4v) is 2.72. The van der Waals surface area contributed by atoms with Gasteiger partial charge in [-0.15, -0.1) is 12.4 Å². The lowest BCUT2D eigenvalue weighted by molar-refractivity contribution is 0.520. The fraction of sp³-hybridized carbons (Fsp3) is 0.222. The lowest BCUT2D eigenvalue weighted by Crippen LogP contribution is -2.35. The van der Waals surface area contributed by atoms with Gasteiger partial charge in [-0.3, -0.25) is 10.2 Å². The van der Waals surface area contributed by atoms with Crippen LogP contribution < -0.4 is 16.3 Å². The molecule has 0 saturated carbocycles. The van der Waals surface area contributed by atoms with Crippen molar-refractivity contribution in [1.29, 1.82) is 0 Å². The van der Waals surface area contributed by atoms with Crippen molar-refractivity contribution in [3.8, 4) is 0 Å². The molecule has 0 aliphatic rings. The summed E-state index contributed by atoms with van der Waals surface area (Å²) in [5.41, 5.74) is 3.15. The van der Waals surface area contributed by atoms with Crippen molar-refractivity contribution < 1.29 is 8.78 Å². The van der Waals surface area contributed by atoms with Gasteiger partial charge >= 0.3 is 0 Å². The average molecular weight is 381 g/mol. The summed E-state index contributed by atoms with van der Waals surface area (Å²) in [6, 6.07) is 9.68. The van der Waals surface area contributed by atoms with Crippen molar-refractivity contribution in [2.45, 2.75) is 19.4 Å². The van der Waals surface area contributed by atoms with E-state index in [1.807, 2.05) is 6.92 Å². The molecular formula is C18H19ClF2N4O. The largest absolute Gasteiger partial charge is 0.310 e. The molecule has 0 unspecified atom stereocenters. The average Bonchev–Trinajstić information content (AvgIpc) is 2.60. The van der Waals surface area contributed by atoms with Crippen LogP contribution in [0.3, 0.4) is 0 Å². The van der Waals surface area contributed by atoms with Crippen molar-refractivity contribution in [2.75, 3.05) is 12.5 Å². The molecule has 0 saturated heterocycles. The number of benzene rings is 2. The maximum absolute atomic E-state index is 14.2. The van der Waals surface area contributed by atoms with E-state index in [2.05, 4.69) is 15.7 Å². The molecule has 2 N–H and O–H groups in total. The monoisotopic (exact) mass is 380 g/mol. The fourth-order valence-electron chi connectivity index (χ4n) is 2.72. The van der Waals surface area contributed by atoms with Crippen LogP contribution in [0.2, 0.25) is 0 Å². The molecule has 3 rings (SSSR count). The van der Waals surface area contributed by atoms with Crippen molar-refractivity contribution >= 4 is 29.0 Å². The lowest BCUT2D eigenvalue weighted by Gasteiger charge is -2.21. The zero-order valence-electron chi connectivity index (χ0n) is 14.3. The number of halogens is 3. The van der Waals surface area contributed by atoms with Gasteiger partial charge in [-0.05, 0) is 49.9 Å². The first-order chi connectivity index (χ1) is 12.0. The number of anilines is 1. The highest BCUT2D eigenvalue weighted by molar-refractivity contribution is 5.85. The van der Waals surface area contributed by atoms with E-state index in [9.17, 15) is 13.6 Å². The zero-order valence-corrected chi connectivity index (χ0v) is 15.1. The maximum Gasteiger partial charge on any atom is 0.283 e. The Morgan fingerprint density at radius 3 is 2.46 bits per heavy atom. The Labute approximate surface area is 155 Å². The van der Waals surface area contributed by atoms with Crippen molar-refractivity contribution in [1.82, 2.24) is 15.0 Å². The molecular weight excluding hydrogens is 362 g/mol. The van der Waals surface area contributed by atoms with Crippen LogP contribution in [0.15, 0.2) is 47.3 Å². The van der Waals surface area contributed by atoms with E-state index in [-0.39, 0.29) is 29.7 Å². The Bertz CT molecular complexity index is 956. The Morgan fingerprint density at radius 1 is 1.15 bits per heavy atom. The van der Waals surface area contributed by atoms with E-state index in [0.717, 1.165) is 0 Å². The Morgan fingerprint density at radius 2 is 1.85 bits per heavy atom. The Kier molecular flexibility index (Phi) is 6.28. The molecule has 1 aromatic heterocycles. The quantitative estimate of drug-likeness (QED) is 0.709. The van der Waals surface area contributed by atoms with Gasteiger partial charge < -0.3 is 5.32 Å². The Balaban J connectivity index is 0.00000243. The van der Waals surface area contributed by atoms with E-state index < -0.39 is 11.4 Å². The lowest BCUT2D eigenvalue weighted by atomic mass is 10.2. The van der Waals surface area contributed by atoms with Gasteiger partial charge in [0.15, 0.2) is 0 Å². The van der Waals surface area contributed by atoms with E-state index in [1.165, 1.54) is 41.1 Å². The molecule has 1 atom stereocenters. The van der Waals surface area contributed by atoms with Crippen LogP contribution >= 0.6 is 12.4 Å². The number of nitrogens with zero attached hydrogens (tertiary/aromatic N) is 2. The number of fused-ring (bicyclic) bond motifs is 1. The highest BCUT2D eigenvalue weighted by Gasteiger charge is 2.19.